The zero-order chi connectivity index (χ0) is 9.97. The van der Waals surface area contributed by atoms with Gasteiger partial charge in [0.2, 0.25) is 0 Å². The second-order valence-corrected chi connectivity index (χ2v) is 3.74. The number of nitrogens with one attached hydrogen (secondary N) is 1. The summed E-state index contributed by atoms with van der Waals surface area (Å²) in [5, 5.41) is 11.3. The largest absolute Gasteiger partial charge is 0.377 e. The van der Waals surface area contributed by atoms with E-state index in [2.05, 4.69) is 22.6 Å². The lowest BCUT2D eigenvalue weighted by atomic mass is 10.1. The third-order valence-electron chi connectivity index (χ3n) is 2.57. The van der Waals surface area contributed by atoms with Crippen molar-refractivity contribution in [3.05, 3.63) is 11.9 Å². The van der Waals surface area contributed by atoms with E-state index < -0.39 is 0 Å². The van der Waals surface area contributed by atoms with Gasteiger partial charge in [-0.15, -0.1) is 5.10 Å². The molecule has 1 aliphatic rings. The van der Waals surface area contributed by atoms with Crippen molar-refractivity contribution < 1.29 is 4.74 Å². The third-order valence-corrected chi connectivity index (χ3v) is 2.57. The molecule has 78 valence electrons. The number of aromatic nitrogens is 3. The summed E-state index contributed by atoms with van der Waals surface area (Å²) in [6, 6.07) is 0.456. The summed E-state index contributed by atoms with van der Waals surface area (Å²) in [6.07, 6.45) is 3.32. The van der Waals surface area contributed by atoms with E-state index in [4.69, 9.17) is 4.74 Å². The van der Waals surface area contributed by atoms with Crippen LogP contribution in [0.1, 0.15) is 19.0 Å². The lowest BCUT2D eigenvalue weighted by molar-refractivity contribution is 0.113. The van der Waals surface area contributed by atoms with Crippen LogP contribution in [-0.4, -0.2) is 33.7 Å². The van der Waals surface area contributed by atoms with E-state index in [0.29, 0.717) is 12.1 Å². The zero-order valence-corrected chi connectivity index (χ0v) is 8.60. The maximum atomic E-state index is 5.46. The molecule has 1 aliphatic heterocycles. The standard InChI is InChI=1S/C9H16N4O/c1-7-9(3-4-14-7)10-5-8-6-13(2)12-11-8/h6-7,9-10H,3-5H2,1-2H3. The van der Waals surface area contributed by atoms with Crippen molar-refractivity contribution in [2.75, 3.05) is 6.61 Å². The molecule has 2 unspecified atom stereocenters. The molecule has 0 aliphatic carbocycles. The maximum absolute atomic E-state index is 5.46. The van der Waals surface area contributed by atoms with Crippen molar-refractivity contribution in [3.8, 4) is 0 Å². The highest BCUT2D eigenvalue weighted by Gasteiger charge is 2.23. The first kappa shape index (κ1) is 9.61. The molecule has 2 heterocycles. The van der Waals surface area contributed by atoms with E-state index in [0.717, 1.165) is 25.3 Å². The van der Waals surface area contributed by atoms with Gasteiger partial charge in [-0.25, -0.2) is 0 Å². The van der Waals surface area contributed by atoms with Crippen molar-refractivity contribution in [2.45, 2.75) is 32.0 Å². The first-order valence-electron chi connectivity index (χ1n) is 4.96. The zero-order valence-electron chi connectivity index (χ0n) is 8.60. The summed E-state index contributed by atoms with van der Waals surface area (Å²) in [5.74, 6) is 0. The van der Waals surface area contributed by atoms with E-state index in [1.807, 2.05) is 13.2 Å². The van der Waals surface area contributed by atoms with Crippen LogP contribution in [0.5, 0.6) is 0 Å². The average Bonchev–Trinajstić information content (AvgIpc) is 2.72. The van der Waals surface area contributed by atoms with Crippen LogP contribution in [0, 0.1) is 0 Å². The van der Waals surface area contributed by atoms with Crippen LogP contribution in [0.15, 0.2) is 6.20 Å². The van der Waals surface area contributed by atoms with Crippen molar-refractivity contribution in [3.63, 3.8) is 0 Å². The fraction of sp³-hybridized carbons (Fsp3) is 0.778. The average molecular weight is 196 g/mol. The summed E-state index contributed by atoms with van der Waals surface area (Å²) in [5.41, 5.74) is 0.978. The van der Waals surface area contributed by atoms with Gasteiger partial charge in [0.1, 0.15) is 0 Å². The minimum absolute atomic E-state index is 0.312. The first-order chi connectivity index (χ1) is 6.75. The molecule has 14 heavy (non-hydrogen) atoms. The summed E-state index contributed by atoms with van der Waals surface area (Å²) < 4.78 is 7.17. The van der Waals surface area contributed by atoms with Gasteiger partial charge in [0.25, 0.3) is 0 Å². The Hall–Kier alpha value is -0.940. The number of nitrogens with zero attached hydrogens (tertiary/aromatic N) is 3. The number of ether oxygens (including phenoxy) is 1. The molecule has 0 saturated carbocycles. The molecule has 1 saturated heterocycles. The number of hydrogen-bond donors (Lipinski definition) is 1. The van der Waals surface area contributed by atoms with E-state index in [1.165, 1.54) is 0 Å². The van der Waals surface area contributed by atoms with Gasteiger partial charge in [-0.2, -0.15) is 0 Å². The van der Waals surface area contributed by atoms with Crippen LogP contribution in [0.25, 0.3) is 0 Å². The smallest absolute Gasteiger partial charge is 0.0964 e. The Bertz CT molecular complexity index is 299. The van der Waals surface area contributed by atoms with Gasteiger partial charge in [-0.1, -0.05) is 5.21 Å². The molecular formula is C9H16N4O. The topological polar surface area (TPSA) is 52.0 Å². The highest BCUT2D eigenvalue weighted by molar-refractivity contribution is 4.92. The predicted octanol–water partition coefficient (Wildman–Crippen LogP) is 0.0821. The van der Waals surface area contributed by atoms with Crippen LogP contribution in [0.2, 0.25) is 0 Å². The van der Waals surface area contributed by atoms with Gasteiger partial charge in [0, 0.05) is 32.4 Å². The molecule has 2 rings (SSSR count). The van der Waals surface area contributed by atoms with Crippen molar-refractivity contribution in [1.29, 1.82) is 0 Å². The molecule has 0 radical (unpaired) electrons. The van der Waals surface area contributed by atoms with Crippen molar-refractivity contribution >= 4 is 0 Å². The van der Waals surface area contributed by atoms with E-state index in [-0.39, 0.29) is 0 Å². The van der Waals surface area contributed by atoms with Crippen molar-refractivity contribution in [2.24, 2.45) is 7.05 Å². The molecule has 0 spiro atoms. The fourth-order valence-corrected chi connectivity index (χ4v) is 1.71. The Balaban J connectivity index is 1.82. The Labute approximate surface area is 83.4 Å². The molecular weight excluding hydrogens is 180 g/mol. The van der Waals surface area contributed by atoms with Gasteiger partial charge in [-0.3, -0.25) is 4.68 Å². The van der Waals surface area contributed by atoms with Gasteiger partial charge in [-0.05, 0) is 13.3 Å². The van der Waals surface area contributed by atoms with Crippen LogP contribution in [0.3, 0.4) is 0 Å². The molecule has 1 fully saturated rings. The molecule has 5 nitrogen and oxygen atoms in total. The Morgan fingerprint density at radius 3 is 3.14 bits per heavy atom. The summed E-state index contributed by atoms with van der Waals surface area (Å²) in [4.78, 5) is 0. The number of aryl methyl sites for hydroxylation is 1. The van der Waals surface area contributed by atoms with Crippen LogP contribution >= 0.6 is 0 Å². The lowest BCUT2D eigenvalue weighted by Crippen LogP contribution is -2.34. The molecule has 0 aromatic carbocycles. The molecule has 1 N–H and O–H groups in total. The summed E-state index contributed by atoms with van der Waals surface area (Å²) in [6.45, 7) is 3.73. The monoisotopic (exact) mass is 196 g/mol. The van der Waals surface area contributed by atoms with Crippen LogP contribution < -0.4 is 5.32 Å². The van der Waals surface area contributed by atoms with Gasteiger partial charge in [0.05, 0.1) is 11.8 Å². The quantitative estimate of drug-likeness (QED) is 0.744. The van der Waals surface area contributed by atoms with E-state index in [1.54, 1.807) is 4.68 Å². The summed E-state index contributed by atoms with van der Waals surface area (Å²) in [7, 11) is 1.87. The minimum atomic E-state index is 0.312. The van der Waals surface area contributed by atoms with E-state index in [9.17, 15) is 0 Å². The maximum Gasteiger partial charge on any atom is 0.0964 e. The highest BCUT2D eigenvalue weighted by atomic mass is 16.5. The van der Waals surface area contributed by atoms with Gasteiger partial charge < -0.3 is 10.1 Å². The Kier molecular flexibility index (Phi) is 2.79. The second-order valence-electron chi connectivity index (χ2n) is 3.74. The highest BCUT2D eigenvalue weighted by Crippen LogP contribution is 2.12. The fourth-order valence-electron chi connectivity index (χ4n) is 1.71. The Morgan fingerprint density at radius 1 is 1.71 bits per heavy atom. The SMILES string of the molecule is CC1OCCC1NCc1cn(C)nn1. The predicted molar refractivity (Wildman–Crippen MR) is 51.7 cm³/mol. The molecule has 1 aromatic heterocycles. The number of rotatable bonds is 3. The second kappa shape index (κ2) is 4.06. The Morgan fingerprint density at radius 2 is 2.57 bits per heavy atom. The third kappa shape index (κ3) is 2.10. The molecule has 0 bridgehead atoms. The number of hydrogen-bond acceptors (Lipinski definition) is 4. The minimum Gasteiger partial charge on any atom is -0.377 e. The van der Waals surface area contributed by atoms with Crippen molar-refractivity contribution in [1.82, 2.24) is 20.3 Å². The van der Waals surface area contributed by atoms with Gasteiger partial charge >= 0.3 is 0 Å². The van der Waals surface area contributed by atoms with Crippen LogP contribution in [0.4, 0.5) is 0 Å². The molecule has 2 atom stereocenters. The van der Waals surface area contributed by atoms with Gasteiger partial charge in [0.15, 0.2) is 0 Å². The molecule has 0 amide bonds. The molecule has 1 aromatic rings. The first-order valence-corrected chi connectivity index (χ1v) is 4.96. The molecule has 5 heteroatoms. The summed E-state index contributed by atoms with van der Waals surface area (Å²) >= 11 is 0. The lowest BCUT2D eigenvalue weighted by Gasteiger charge is -2.14. The van der Waals surface area contributed by atoms with E-state index >= 15 is 0 Å². The van der Waals surface area contributed by atoms with Crippen LogP contribution in [-0.2, 0) is 18.3 Å². The normalized spacial score (nSPS) is 27.0.